The van der Waals surface area contributed by atoms with E-state index in [9.17, 15) is 9.59 Å². The van der Waals surface area contributed by atoms with Crippen LogP contribution in [0.1, 0.15) is 15.9 Å². The first-order chi connectivity index (χ1) is 18.1. The van der Waals surface area contributed by atoms with E-state index in [2.05, 4.69) is 11.0 Å². The summed E-state index contributed by atoms with van der Waals surface area (Å²) < 4.78 is 17.7. The lowest BCUT2D eigenvalue weighted by Crippen LogP contribution is -2.48. The Labute approximate surface area is 214 Å². The molecule has 4 aromatic rings. The Balaban J connectivity index is 1.23. The summed E-state index contributed by atoms with van der Waals surface area (Å²) in [4.78, 5) is 31.3. The SMILES string of the molecule is COc1ccc(-n2cc(C(=O)N3CCN(Cc4ccc5c(c4)OCO5)CC3)c3ccccc3c2=O)cc1. The van der Waals surface area contributed by atoms with Crippen molar-refractivity contribution in [1.29, 1.82) is 0 Å². The number of nitrogens with zero attached hydrogens (tertiary/aromatic N) is 3. The highest BCUT2D eigenvalue weighted by Gasteiger charge is 2.25. The first kappa shape index (κ1) is 23.1. The molecule has 3 heterocycles. The molecule has 0 saturated carbocycles. The van der Waals surface area contributed by atoms with E-state index in [1.165, 1.54) is 0 Å². The second-order valence-corrected chi connectivity index (χ2v) is 9.22. The number of methoxy groups -OCH3 is 1. The van der Waals surface area contributed by atoms with E-state index >= 15 is 0 Å². The number of benzene rings is 3. The average molecular weight is 498 g/mol. The van der Waals surface area contributed by atoms with Crippen LogP contribution in [0.3, 0.4) is 0 Å². The second kappa shape index (κ2) is 9.63. The molecule has 1 amide bonds. The van der Waals surface area contributed by atoms with Crippen molar-refractivity contribution in [3.05, 3.63) is 94.4 Å². The Morgan fingerprint density at radius 3 is 2.38 bits per heavy atom. The molecule has 8 nitrogen and oxygen atoms in total. The number of aromatic nitrogens is 1. The summed E-state index contributed by atoms with van der Waals surface area (Å²) in [5.74, 6) is 2.20. The normalized spacial score (nSPS) is 15.2. The minimum Gasteiger partial charge on any atom is -0.497 e. The average Bonchev–Trinajstić information content (AvgIpc) is 3.42. The van der Waals surface area contributed by atoms with Gasteiger partial charge in [0.15, 0.2) is 11.5 Å². The molecule has 0 spiro atoms. The molecule has 0 aliphatic carbocycles. The topological polar surface area (TPSA) is 73.2 Å². The minimum absolute atomic E-state index is 0.0683. The molecule has 2 aliphatic heterocycles. The number of ether oxygens (including phenoxy) is 3. The number of pyridine rings is 1. The van der Waals surface area contributed by atoms with Crippen molar-refractivity contribution >= 4 is 16.7 Å². The van der Waals surface area contributed by atoms with Crippen LogP contribution in [0, 0.1) is 0 Å². The van der Waals surface area contributed by atoms with Crippen LogP contribution < -0.4 is 19.8 Å². The zero-order valence-electron chi connectivity index (χ0n) is 20.6. The van der Waals surface area contributed by atoms with Gasteiger partial charge in [0.05, 0.1) is 12.7 Å². The predicted octanol–water partition coefficient (Wildman–Crippen LogP) is 3.69. The fourth-order valence-corrected chi connectivity index (χ4v) is 4.97. The van der Waals surface area contributed by atoms with Gasteiger partial charge >= 0.3 is 0 Å². The fourth-order valence-electron chi connectivity index (χ4n) is 4.97. The van der Waals surface area contributed by atoms with Crippen LogP contribution in [-0.4, -0.2) is 60.4 Å². The highest BCUT2D eigenvalue weighted by atomic mass is 16.7. The van der Waals surface area contributed by atoms with E-state index in [-0.39, 0.29) is 18.3 Å². The zero-order chi connectivity index (χ0) is 25.4. The van der Waals surface area contributed by atoms with Crippen LogP contribution in [0.2, 0.25) is 0 Å². The van der Waals surface area contributed by atoms with Gasteiger partial charge in [-0.25, -0.2) is 0 Å². The summed E-state index contributed by atoms with van der Waals surface area (Å²) in [7, 11) is 1.60. The molecule has 0 N–H and O–H groups in total. The molecule has 0 radical (unpaired) electrons. The number of hydrogen-bond acceptors (Lipinski definition) is 6. The zero-order valence-corrected chi connectivity index (χ0v) is 20.6. The number of carbonyl (C=O) groups is 1. The molecular weight excluding hydrogens is 470 g/mol. The van der Waals surface area contributed by atoms with Crippen molar-refractivity contribution < 1.29 is 19.0 Å². The quantitative estimate of drug-likeness (QED) is 0.419. The number of piperazine rings is 1. The van der Waals surface area contributed by atoms with E-state index < -0.39 is 0 Å². The van der Waals surface area contributed by atoms with E-state index in [1.807, 2.05) is 47.4 Å². The van der Waals surface area contributed by atoms with Gasteiger partial charge in [-0.1, -0.05) is 24.3 Å². The monoisotopic (exact) mass is 497 g/mol. The van der Waals surface area contributed by atoms with Gasteiger partial charge in [-0.3, -0.25) is 19.1 Å². The van der Waals surface area contributed by atoms with Gasteiger partial charge in [0, 0.05) is 55.4 Å². The summed E-state index contributed by atoms with van der Waals surface area (Å²) in [6.45, 7) is 3.79. The summed E-state index contributed by atoms with van der Waals surface area (Å²) in [6, 6.07) is 20.6. The third kappa shape index (κ3) is 4.40. The van der Waals surface area contributed by atoms with Crippen molar-refractivity contribution in [3.63, 3.8) is 0 Å². The Morgan fingerprint density at radius 2 is 1.62 bits per heavy atom. The molecule has 188 valence electrons. The van der Waals surface area contributed by atoms with E-state index in [0.29, 0.717) is 40.9 Å². The molecule has 0 atom stereocenters. The van der Waals surface area contributed by atoms with Crippen molar-refractivity contribution in [2.24, 2.45) is 0 Å². The molecule has 0 unspecified atom stereocenters. The first-order valence-corrected chi connectivity index (χ1v) is 12.3. The molecule has 8 heteroatoms. The smallest absolute Gasteiger partial charge is 0.262 e. The molecule has 6 rings (SSSR count). The standard InChI is InChI=1S/C29H27N3O5/c1-35-22-9-7-21(8-10-22)32-18-25(23-4-2-3-5-24(23)29(32)34)28(33)31-14-12-30(13-15-31)17-20-6-11-26-27(16-20)37-19-36-26/h2-11,16,18H,12-15,17,19H2,1H3. The lowest BCUT2D eigenvalue weighted by molar-refractivity contribution is 0.0629. The third-order valence-corrected chi connectivity index (χ3v) is 7.01. The largest absolute Gasteiger partial charge is 0.497 e. The van der Waals surface area contributed by atoms with Gasteiger partial charge in [-0.05, 0) is 48.0 Å². The maximum atomic E-state index is 13.7. The molecule has 2 aliphatic rings. The van der Waals surface area contributed by atoms with Gasteiger partial charge in [0.1, 0.15) is 5.75 Å². The molecule has 1 aromatic heterocycles. The van der Waals surface area contributed by atoms with Crippen LogP contribution in [0.5, 0.6) is 17.2 Å². The first-order valence-electron chi connectivity index (χ1n) is 12.3. The lowest BCUT2D eigenvalue weighted by Gasteiger charge is -2.35. The van der Waals surface area contributed by atoms with Crippen molar-refractivity contribution in [3.8, 4) is 22.9 Å². The molecule has 0 bridgehead atoms. The fraction of sp³-hybridized carbons (Fsp3) is 0.241. The Hall–Kier alpha value is -4.30. The highest BCUT2D eigenvalue weighted by Crippen LogP contribution is 2.33. The summed E-state index contributed by atoms with van der Waals surface area (Å²) in [6.07, 6.45) is 1.67. The number of hydrogen-bond donors (Lipinski definition) is 0. The van der Waals surface area contributed by atoms with Gasteiger partial charge in [-0.15, -0.1) is 0 Å². The van der Waals surface area contributed by atoms with Gasteiger partial charge in [0.25, 0.3) is 11.5 Å². The van der Waals surface area contributed by atoms with Gasteiger partial charge in [-0.2, -0.15) is 0 Å². The van der Waals surface area contributed by atoms with Crippen LogP contribution in [0.25, 0.3) is 16.5 Å². The lowest BCUT2D eigenvalue weighted by atomic mass is 10.1. The van der Waals surface area contributed by atoms with Gasteiger partial charge in [0.2, 0.25) is 6.79 Å². The Kier molecular flexibility index (Phi) is 6.02. The van der Waals surface area contributed by atoms with E-state index in [1.54, 1.807) is 36.1 Å². The number of rotatable bonds is 5. The highest BCUT2D eigenvalue weighted by molar-refractivity contribution is 6.06. The van der Waals surface area contributed by atoms with Crippen LogP contribution in [0.15, 0.2) is 77.7 Å². The maximum Gasteiger partial charge on any atom is 0.262 e. The Bertz CT molecular complexity index is 1520. The van der Waals surface area contributed by atoms with Crippen LogP contribution in [-0.2, 0) is 6.54 Å². The molecular formula is C29H27N3O5. The van der Waals surface area contributed by atoms with Crippen molar-refractivity contribution in [1.82, 2.24) is 14.4 Å². The van der Waals surface area contributed by atoms with Crippen LogP contribution in [0.4, 0.5) is 0 Å². The third-order valence-electron chi connectivity index (χ3n) is 7.01. The summed E-state index contributed by atoms with van der Waals surface area (Å²) in [5.41, 5.74) is 2.20. The molecule has 1 saturated heterocycles. The molecule has 37 heavy (non-hydrogen) atoms. The van der Waals surface area contributed by atoms with Gasteiger partial charge < -0.3 is 19.1 Å². The number of amides is 1. The number of fused-ring (bicyclic) bond motifs is 2. The van der Waals surface area contributed by atoms with Crippen molar-refractivity contribution in [2.45, 2.75) is 6.54 Å². The summed E-state index contributed by atoms with van der Waals surface area (Å²) >= 11 is 0. The molecule has 1 fully saturated rings. The van der Waals surface area contributed by atoms with E-state index in [0.717, 1.165) is 36.7 Å². The predicted molar refractivity (Wildman–Crippen MR) is 140 cm³/mol. The van der Waals surface area contributed by atoms with E-state index in [4.69, 9.17) is 14.2 Å². The molecule has 3 aromatic carbocycles. The number of carbonyl (C=O) groups excluding carboxylic acids is 1. The second-order valence-electron chi connectivity index (χ2n) is 9.22. The Morgan fingerprint density at radius 1 is 0.892 bits per heavy atom. The maximum absolute atomic E-state index is 13.7. The summed E-state index contributed by atoms with van der Waals surface area (Å²) in [5, 5.41) is 1.19. The van der Waals surface area contributed by atoms with Crippen LogP contribution >= 0.6 is 0 Å². The van der Waals surface area contributed by atoms with Crippen molar-refractivity contribution in [2.75, 3.05) is 40.1 Å². The minimum atomic E-state index is -0.161.